The SMILES string of the molecule is CCCCCCCCCCCCCCCCCCCCCCCCCCCCCCCCCC(=O)OCCCc1ccc(O)cc1. The van der Waals surface area contributed by atoms with E-state index in [0.717, 1.165) is 31.2 Å². The number of hydrogen-bond acceptors (Lipinski definition) is 3. The van der Waals surface area contributed by atoms with Crippen molar-refractivity contribution < 1.29 is 14.6 Å². The van der Waals surface area contributed by atoms with Crippen LogP contribution in [-0.2, 0) is 16.0 Å². The highest BCUT2D eigenvalue weighted by atomic mass is 16.5. The van der Waals surface area contributed by atoms with Crippen LogP contribution in [0.4, 0.5) is 0 Å². The first-order valence-electron chi connectivity index (χ1n) is 20.7. The number of phenols is 1. The van der Waals surface area contributed by atoms with Crippen molar-refractivity contribution in [3.05, 3.63) is 29.8 Å². The fourth-order valence-electron chi connectivity index (χ4n) is 6.67. The number of unbranched alkanes of at least 4 members (excludes halogenated alkanes) is 30. The van der Waals surface area contributed by atoms with Crippen molar-refractivity contribution in [3.63, 3.8) is 0 Å². The number of carbonyl (C=O) groups is 1. The maximum atomic E-state index is 11.9. The second-order valence-electron chi connectivity index (χ2n) is 14.3. The third kappa shape index (κ3) is 31.1. The molecule has 268 valence electrons. The number of carbonyl (C=O) groups excluding carboxylic acids is 1. The van der Waals surface area contributed by atoms with Gasteiger partial charge in [0.15, 0.2) is 0 Å². The summed E-state index contributed by atoms with van der Waals surface area (Å²) in [7, 11) is 0. The van der Waals surface area contributed by atoms with Gasteiger partial charge < -0.3 is 9.84 Å². The minimum atomic E-state index is -0.0545. The Morgan fingerprint density at radius 3 is 1.09 bits per heavy atom. The highest BCUT2D eigenvalue weighted by Crippen LogP contribution is 2.17. The van der Waals surface area contributed by atoms with Crippen molar-refractivity contribution in [2.75, 3.05) is 6.61 Å². The monoisotopic (exact) mass is 643 g/mol. The molecule has 0 heterocycles. The van der Waals surface area contributed by atoms with Crippen LogP contribution in [0.25, 0.3) is 0 Å². The summed E-state index contributed by atoms with van der Waals surface area (Å²) in [5, 5.41) is 9.32. The highest BCUT2D eigenvalue weighted by Gasteiger charge is 2.03. The zero-order chi connectivity index (χ0) is 33.0. The number of hydrogen-bond donors (Lipinski definition) is 1. The van der Waals surface area contributed by atoms with Crippen LogP contribution in [0, 0.1) is 0 Å². The minimum Gasteiger partial charge on any atom is -0.508 e. The molecular weight excluding hydrogens is 564 g/mol. The Morgan fingerprint density at radius 1 is 0.457 bits per heavy atom. The predicted molar refractivity (Wildman–Crippen MR) is 201 cm³/mol. The third-order valence-electron chi connectivity index (χ3n) is 9.79. The lowest BCUT2D eigenvalue weighted by Gasteiger charge is -2.06. The van der Waals surface area contributed by atoms with Gasteiger partial charge in [0, 0.05) is 6.42 Å². The smallest absolute Gasteiger partial charge is 0.305 e. The van der Waals surface area contributed by atoms with Crippen molar-refractivity contribution in [1.82, 2.24) is 0 Å². The molecule has 0 radical (unpaired) electrons. The lowest BCUT2D eigenvalue weighted by atomic mass is 10.0. The quantitative estimate of drug-likeness (QED) is 0.0585. The van der Waals surface area contributed by atoms with Gasteiger partial charge in [-0.05, 0) is 37.0 Å². The molecule has 0 unspecified atom stereocenters. The van der Waals surface area contributed by atoms with Crippen molar-refractivity contribution in [2.24, 2.45) is 0 Å². The first-order chi connectivity index (χ1) is 22.7. The summed E-state index contributed by atoms with van der Waals surface area (Å²) in [5.41, 5.74) is 1.16. The summed E-state index contributed by atoms with van der Waals surface area (Å²) in [5.74, 6) is 0.234. The standard InChI is InChI=1S/C43H78O3/c1-2-3-4-5-6-7-8-9-10-11-12-13-14-15-16-17-18-19-20-21-22-23-24-25-26-27-28-29-30-31-32-35-43(45)46-40-33-34-41-36-38-42(44)39-37-41/h36-39,44H,2-35,40H2,1H3. The molecule has 1 aromatic carbocycles. The molecule has 1 rings (SSSR count). The van der Waals surface area contributed by atoms with Crippen molar-refractivity contribution in [1.29, 1.82) is 0 Å². The Morgan fingerprint density at radius 2 is 0.761 bits per heavy atom. The van der Waals surface area contributed by atoms with E-state index in [0.29, 0.717) is 13.0 Å². The summed E-state index contributed by atoms with van der Waals surface area (Å²) in [6.45, 7) is 2.79. The Kier molecular flexibility index (Phi) is 32.2. The molecule has 1 N–H and O–H groups in total. The number of aryl methyl sites for hydroxylation is 1. The summed E-state index contributed by atoms with van der Waals surface area (Å²) < 4.78 is 5.37. The molecule has 46 heavy (non-hydrogen) atoms. The van der Waals surface area contributed by atoms with Crippen LogP contribution in [0.3, 0.4) is 0 Å². The first-order valence-corrected chi connectivity index (χ1v) is 20.7. The van der Waals surface area contributed by atoms with Crippen molar-refractivity contribution in [3.8, 4) is 5.75 Å². The van der Waals surface area contributed by atoms with E-state index >= 15 is 0 Å². The van der Waals surface area contributed by atoms with E-state index in [2.05, 4.69) is 6.92 Å². The Balaban J connectivity index is 1.66. The highest BCUT2D eigenvalue weighted by molar-refractivity contribution is 5.69. The summed E-state index contributed by atoms with van der Waals surface area (Å²) in [4.78, 5) is 11.9. The molecule has 3 heteroatoms. The molecule has 0 spiro atoms. The number of esters is 1. The van der Waals surface area contributed by atoms with Gasteiger partial charge in [-0.15, -0.1) is 0 Å². The predicted octanol–water partition coefficient (Wildman–Crippen LogP) is 14.4. The molecule has 0 bridgehead atoms. The van der Waals surface area contributed by atoms with Crippen LogP contribution in [-0.4, -0.2) is 17.7 Å². The van der Waals surface area contributed by atoms with Gasteiger partial charge in [0.1, 0.15) is 5.75 Å². The fraction of sp³-hybridized carbons (Fsp3) is 0.837. The lowest BCUT2D eigenvalue weighted by Crippen LogP contribution is -2.06. The number of benzene rings is 1. The van der Waals surface area contributed by atoms with E-state index in [9.17, 15) is 9.90 Å². The normalized spacial score (nSPS) is 11.3. The molecule has 0 aliphatic rings. The number of aromatic hydroxyl groups is 1. The van der Waals surface area contributed by atoms with E-state index in [1.54, 1.807) is 12.1 Å². The minimum absolute atomic E-state index is 0.0545. The molecule has 0 aliphatic carbocycles. The molecule has 0 fully saturated rings. The molecule has 0 aliphatic heterocycles. The second kappa shape index (κ2) is 34.8. The maximum Gasteiger partial charge on any atom is 0.305 e. The van der Waals surface area contributed by atoms with Gasteiger partial charge in [-0.2, -0.15) is 0 Å². The third-order valence-corrected chi connectivity index (χ3v) is 9.79. The zero-order valence-electron chi connectivity index (χ0n) is 30.8. The molecule has 3 nitrogen and oxygen atoms in total. The molecular formula is C43H78O3. The van der Waals surface area contributed by atoms with Gasteiger partial charge in [-0.1, -0.05) is 212 Å². The lowest BCUT2D eigenvalue weighted by molar-refractivity contribution is -0.143. The van der Waals surface area contributed by atoms with Gasteiger partial charge in [0.25, 0.3) is 0 Å². The van der Waals surface area contributed by atoms with Crippen LogP contribution in [0.15, 0.2) is 24.3 Å². The average molecular weight is 643 g/mol. The first kappa shape index (κ1) is 42.5. The molecule has 0 saturated carbocycles. The largest absolute Gasteiger partial charge is 0.508 e. The Bertz CT molecular complexity index is 743. The van der Waals surface area contributed by atoms with Gasteiger partial charge >= 0.3 is 5.97 Å². The van der Waals surface area contributed by atoms with Gasteiger partial charge in [-0.3, -0.25) is 4.79 Å². The number of rotatable bonds is 36. The molecule has 0 amide bonds. The zero-order valence-corrected chi connectivity index (χ0v) is 30.8. The number of phenolic OH excluding ortho intramolecular Hbond substituents is 1. The van der Waals surface area contributed by atoms with E-state index < -0.39 is 0 Å². The molecule has 0 aromatic heterocycles. The topological polar surface area (TPSA) is 46.5 Å². The molecule has 0 atom stereocenters. The van der Waals surface area contributed by atoms with Crippen LogP contribution in [0.1, 0.15) is 224 Å². The van der Waals surface area contributed by atoms with Crippen LogP contribution in [0.5, 0.6) is 5.75 Å². The van der Waals surface area contributed by atoms with Crippen molar-refractivity contribution in [2.45, 2.75) is 225 Å². The van der Waals surface area contributed by atoms with E-state index in [-0.39, 0.29) is 11.7 Å². The summed E-state index contributed by atoms with van der Waals surface area (Å²) >= 11 is 0. The molecule has 1 aromatic rings. The van der Waals surface area contributed by atoms with Gasteiger partial charge in [0.2, 0.25) is 0 Å². The fourth-order valence-corrected chi connectivity index (χ4v) is 6.67. The maximum absolute atomic E-state index is 11.9. The second-order valence-corrected chi connectivity index (χ2v) is 14.3. The van der Waals surface area contributed by atoms with Crippen LogP contribution >= 0.6 is 0 Å². The Labute approximate surface area is 287 Å². The van der Waals surface area contributed by atoms with Crippen molar-refractivity contribution >= 4 is 5.97 Å². The van der Waals surface area contributed by atoms with E-state index in [1.165, 1.54) is 186 Å². The summed E-state index contributed by atoms with van der Waals surface area (Å²) in [6, 6.07) is 7.24. The van der Waals surface area contributed by atoms with Crippen LogP contribution in [0.2, 0.25) is 0 Å². The molecule has 0 saturated heterocycles. The van der Waals surface area contributed by atoms with E-state index in [1.807, 2.05) is 12.1 Å². The van der Waals surface area contributed by atoms with Gasteiger partial charge in [-0.25, -0.2) is 0 Å². The van der Waals surface area contributed by atoms with Gasteiger partial charge in [0.05, 0.1) is 6.61 Å². The Hall–Kier alpha value is -1.51. The van der Waals surface area contributed by atoms with Crippen LogP contribution < -0.4 is 0 Å². The average Bonchev–Trinajstić information content (AvgIpc) is 3.06. The summed E-state index contributed by atoms with van der Waals surface area (Å²) in [6.07, 6.45) is 46.0. The number of ether oxygens (including phenoxy) is 1. The van der Waals surface area contributed by atoms with E-state index in [4.69, 9.17) is 4.74 Å².